The van der Waals surface area contributed by atoms with Crippen molar-refractivity contribution >= 4 is 11.6 Å². The smallest absolute Gasteiger partial charge is 0.250 e. The van der Waals surface area contributed by atoms with Crippen molar-refractivity contribution in [3.8, 4) is 0 Å². The number of carbonyl (C=O) groups excluding carboxylic acids is 1. The first kappa shape index (κ1) is 10.5. The third-order valence-corrected chi connectivity index (χ3v) is 1.93. The number of amides is 1. The molecular formula is C10H14N2O2. The van der Waals surface area contributed by atoms with Crippen LogP contribution in [-0.4, -0.2) is 10.5 Å². The number of hydrogen-bond donors (Lipinski definition) is 1. The number of aryl methyl sites for hydroxylation is 1. The van der Waals surface area contributed by atoms with Crippen LogP contribution < -0.4 is 10.9 Å². The molecule has 76 valence electrons. The van der Waals surface area contributed by atoms with Gasteiger partial charge in [0.1, 0.15) is 0 Å². The average Bonchev–Trinajstić information content (AvgIpc) is 2.20. The van der Waals surface area contributed by atoms with Crippen molar-refractivity contribution in [2.24, 2.45) is 0 Å². The summed E-state index contributed by atoms with van der Waals surface area (Å²) < 4.78 is 1.55. The summed E-state index contributed by atoms with van der Waals surface area (Å²) in [7, 11) is 0. The Morgan fingerprint density at radius 2 is 2.14 bits per heavy atom. The van der Waals surface area contributed by atoms with E-state index in [0.29, 0.717) is 18.7 Å². The number of hydrogen-bond acceptors (Lipinski definition) is 2. The van der Waals surface area contributed by atoms with Gasteiger partial charge < -0.3 is 9.88 Å². The van der Waals surface area contributed by atoms with Crippen LogP contribution >= 0.6 is 0 Å². The largest absolute Gasteiger partial charge is 0.325 e. The summed E-state index contributed by atoms with van der Waals surface area (Å²) in [5.74, 6) is -0.0497. The fourth-order valence-electron chi connectivity index (χ4n) is 1.10. The van der Waals surface area contributed by atoms with Crippen LogP contribution in [0, 0.1) is 0 Å². The Kier molecular flexibility index (Phi) is 3.45. The minimum atomic E-state index is -0.0537. The van der Waals surface area contributed by atoms with E-state index in [1.807, 2.05) is 6.92 Å². The van der Waals surface area contributed by atoms with Crippen molar-refractivity contribution in [3.05, 3.63) is 28.7 Å². The number of nitrogens with one attached hydrogen (secondary N) is 1. The topological polar surface area (TPSA) is 51.1 Å². The van der Waals surface area contributed by atoms with Gasteiger partial charge >= 0.3 is 0 Å². The molecule has 0 aliphatic heterocycles. The van der Waals surface area contributed by atoms with Gasteiger partial charge in [0, 0.05) is 25.2 Å². The van der Waals surface area contributed by atoms with Crippen molar-refractivity contribution < 1.29 is 4.79 Å². The maximum Gasteiger partial charge on any atom is 0.250 e. The van der Waals surface area contributed by atoms with E-state index in [9.17, 15) is 9.59 Å². The molecule has 0 fully saturated rings. The first-order valence-corrected chi connectivity index (χ1v) is 4.67. The molecule has 1 rings (SSSR count). The van der Waals surface area contributed by atoms with Crippen molar-refractivity contribution in [2.75, 3.05) is 5.32 Å². The molecule has 0 saturated heterocycles. The van der Waals surface area contributed by atoms with E-state index in [2.05, 4.69) is 5.32 Å². The lowest BCUT2D eigenvalue weighted by atomic mass is 10.3. The van der Waals surface area contributed by atoms with Crippen LogP contribution in [0.25, 0.3) is 0 Å². The van der Waals surface area contributed by atoms with Gasteiger partial charge in [0.15, 0.2) is 0 Å². The highest BCUT2D eigenvalue weighted by atomic mass is 16.1. The van der Waals surface area contributed by atoms with E-state index in [1.54, 1.807) is 23.8 Å². The van der Waals surface area contributed by atoms with Crippen LogP contribution in [0.15, 0.2) is 23.1 Å². The Bertz CT molecular complexity index is 382. The quantitative estimate of drug-likeness (QED) is 0.786. The molecule has 0 bridgehead atoms. The highest BCUT2D eigenvalue weighted by Gasteiger charge is 2.00. The Hall–Kier alpha value is -1.58. The predicted octanol–water partition coefficient (Wildman–Crippen LogP) is 1.22. The van der Waals surface area contributed by atoms with Gasteiger partial charge in [-0.25, -0.2) is 0 Å². The minimum absolute atomic E-state index is 0.0497. The van der Waals surface area contributed by atoms with Gasteiger partial charge in [-0.3, -0.25) is 9.59 Å². The monoisotopic (exact) mass is 194 g/mol. The zero-order valence-electron chi connectivity index (χ0n) is 8.41. The summed E-state index contributed by atoms with van der Waals surface area (Å²) >= 11 is 0. The molecule has 14 heavy (non-hydrogen) atoms. The Morgan fingerprint density at radius 1 is 1.43 bits per heavy atom. The Labute approximate surface area is 82.6 Å². The number of pyridine rings is 1. The van der Waals surface area contributed by atoms with E-state index in [0.717, 1.165) is 0 Å². The molecule has 0 aliphatic carbocycles. The molecule has 0 radical (unpaired) electrons. The molecular weight excluding hydrogens is 180 g/mol. The van der Waals surface area contributed by atoms with Gasteiger partial charge in [-0.2, -0.15) is 0 Å². The molecule has 0 atom stereocenters. The fourth-order valence-corrected chi connectivity index (χ4v) is 1.10. The molecule has 0 saturated carbocycles. The summed E-state index contributed by atoms with van der Waals surface area (Å²) in [6.07, 6.45) is 2.08. The van der Waals surface area contributed by atoms with Gasteiger partial charge in [-0.05, 0) is 13.0 Å². The summed E-state index contributed by atoms with van der Waals surface area (Å²) in [4.78, 5) is 22.3. The lowest BCUT2D eigenvalue weighted by Crippen LogP contribution is -2.19. The van der Waals surface area contributed by atoms with Crippen molar-refractivity contribution in [2.45, 2.75) is 26.8 Å². The molecule has 0 aromatic carbocycles. The van der Waals surface area contributed by atoms with Crippen LogP contribution in [0.2, 0.25) is 0 Å². The van der Waals surface area contributed by atoms with Crippen LogP contribution in [0.4, 0.5) is 5.69 Å². The van der Waals surface area contributed by atoms with E-state index >= 15 is 0 Å². The van der Waals surface area contributed by atoms with Crippen molar-refractivity contribution in [1.29, 1.82) is 0 Å². The number of anilines is 1. The Balaban J connectivity index is 2.90. The van der Waals surface area contributed by atoms with Crippen LogP contribution in [0.1, 0.15) is 20.3 Å². The van der Waals surface area contributed by atoms with E-state index in [-0.39, 0.29) is 11.5 Å². The number of aromatic nitrogens is 1. The molecule has 4 heteroatoms. The van der Waals surface area contributed by atoms with Gasteiger partial charge in [0.2, 0.25) is 5.91 Å². The van der Waals surface area contributed by atoms with E-state index < -0.39 is 0 Å². The van der Waals surface area contributed by atoms with Gasteiger partial charge in [0.05, 0.1) is 5.69 Å². The number of carbonyl (C=O) groups is 1. The van der Waals surface area contributed by atoms with E-state index in [4.69, 9.17) is 0 Å². The third kappa shape index (κ3) is 2.45. The lowest BCUT2D eigenvalue weighted by Gasteiger charge is -2.06. The average molecular weight is 194 g/mol. The first-order valence-electron chi connectivity index (χ1n) is 4.67. The summed E-state index contributed by atoms with van der Waals surface area (Å²) in [5.41, 5.74) is 0.611. The van der Waals surface area contributed by atoms with Crippen molar-refractivity contribution in [1.82, 2.24) is 4.57 Å². The second-order valence-corrected chi connectivity index (χ2v) is 2.94. The third-order valence-electron chi connectivity index (χ3n) is 1.93. The molecule has 0 aliphatic rings. The second kappa shape index (κ2) is 4.60. The van der Waals surface area contributed by atoms with Crippen LogP contribution in [-0.2, 0) is 11.3 Å². The van der Waals surface area contributed by atoms with Crippen molar-refractivity contribution in [3.63, 3.8) is 0 Å². The molecule has 0 spiro atoms. The molecule has 1 heterocycles. The van der Waals surface area contributed by atoms with Gasteiger partial charge in [0.25, 0.3) is 5.56 Å². The molecule has 1 aromatic rings. The maximum absolute atomic E-state index is 11.2. The molecule has 1 N–H and O–H groups in total. The van der Waals surface area contributed by atoms with Crippen LogP contribution in [0.5, 0.6) is 0 Å². The summed E-state index contributed by atoms with van der Waals surface area (Å²) in [6, 6.07) is 3.07. The van der Waals surface area contributed by atoms with Crippen LogP contribution in [0.3, 0.4) is 0 Å². The molecule has 4 nitrogen and oxygen atoms in total. The molecule has 1 amide bonds. The minimum Gasteiger partial charge on any atom is -0.325 e. The highest BCUT2D eigenvalue weighted by molar-refractivity contribution is 5.90. The SMILES string of the molecule is CCC(=O)Nc1ccc(=O)n(CC)c1. The molecule has 1 aromatic heterocycles. The number of rotatable bonds is 3. The first-order chi connectivity index (χ1) is 6.67. The summed E-state index contributed by atoms with van der Waals surface area (Å²) in [5, 5.41) is 2.69. The zero-order valence-corrected chi connectivity index (χ0v) is 8.41. The second-order valence-electron chi connectivity index (χ2n) is 2.94. The van der Waals surface area contributed by atoms with Gasteiger partial charge in [-0.1, -0.05) is 6.92 Å². The number of nitrogens with zero attached hydrogens (tertiary/aromatic N) is 1. The van der Waals surface area contributed by atoms with E-state index in [1.165, 1.54) is 6.07 Å². The predicted molar refractivity (Wildman–Crippen MR) is 55.3 cm³/mol. The maximum atomic E-state index is 11.2. The lowest BCUT2D eigenvalue weighted by molar-refractivity contribution is -0.115. The fraction of sp³-hybridized carbons (Fsp3) is 0.400. The summed E-state index contributed by atoms with van der Waals surface area (Å²) in [6.45, 7) is 4.27. The standard InChI is InChI=1S/C10H14N2O2/c1-3-9(13)11-8-5-6-10(14)12(4-2)7-8/h5-7H,3-4H2,1-2H3,(H,11,13). The molecule has 0 unspecified atom stereocenters. The van der Waals surface area contributed by atoms with Gasteiger partial charge in [-0.15, -0.1) is 0 Å². The Morgan fingerprint density at radius 3 is 2.71 bits per heavy atom. The normalized spacial score (nSPS) is 9.86. The highest BCUT2D eigenvalue weighted by Crippen LogP contribution is 2.03. The zero-order chi connectivity index (χ0) is 10.6.